The number of rotatable bonds is 3. The molecule has 1 aliphatic heterocycles. The number of halogens is 3. The number of hydrogen-bond donors (Lipinski definition) is 1. The van der Waals surface area contributed by atoms with Gasteiger partial charge in [0.15, 0.2) is 0 Å². The second kappa shape index (κ2) is 6.61. The first-order valence-electron chi connectivity index (χ1n) is 5.57. The number of benzene rings is 1. The van der Waals surface area contributed by atoms with Gasteiger partial charge in [0.25, 0.3) is 0 Å². The smallest absolute Gasteiger partial charge is 0.244 e. The molecule has 2 rings (SSSR count). The molecule has 1 unspecified atom stereocenters. The molecule has 108 valence electrons. The molecule has 0 saturated carbocycles. The number of sulfonamides is 1. The fourth-order valence-electron chi connectivity index (χ4n) is 1.98. The second-order valence-electron chi connectivity index (χ2n) is 4.24. The van der Waals surface area contributed by atoms with Crippen molar-refractivity contribution in [3.8, 4) is 0 Å². The van der Waals surface area contributed by atoms with Crippen LogP contribution in [0.5, 0.6) is 0 Å². The van der Waals surface area contributed by atoms with Gasteiger partial charge >= 0.3 is 0 Å². The van der Waals surface area contributed by atoms with Crippen LogP contribution in [0, 0.1) is 0 Å². The van der Waals surface area contributed by atoms with Gasteiger partial charge in [0.05, 0.1) is 5.02 Å². The van der Waals surface area contributed by atoms with Crippen molar-refractivity contribution in [3.05, 3.63) is 28.2 Å². The fourth-order valence-corrected chi connectivity index (χ4v) is 4.10. The van der Waals surface area contributed by atoms with E-state index in [9.17, 15) is 8.42 Å². The average Bonchev–Trinajstić information content (AvgIpc) is 2.84. The van der Waals surface area contributed by atoms with E-state index >= 15 is 0 Å². The van der Waals surface area contributed by atoms with E-state index in [0.29, 0.717) is 11.6 Å². The Morgan fingerprint density at radius 2 is 2.05 bits per heavy atom. The van der Waals surface area contributed by atoms with Gasteiger partial charge in [0, 0.05) is 24.7 Å². The number of nitrogens with one attached hydrogen (secondary N) is 1. The summed E-state index contributed by atoms with van der Waals surface area (Å²) in [6, 6.07) is 4.42. The molecule has 0 radical (unpaired) electrons. The van der Waals surface area contributed by atoms with Gasteiger partial charge in [-0.2, -0.15) is 4.31 Å². The third kappa shape index (κ3) is 3.54. The van der Waals surface area contributed by atoms with Crippen LogP contribution in [-0.4, -0.2) is 38.9 Å². The Morgan fingerprint density at radius 3 is 2.63 bits per heavy atom. The summed E-state index contributed by atoms with van der Waals surface area (Å²) in [4.78, 5) is 0.0612. The van der Waals surface area contributed by atoms with Gasteiger partial charge in [-0.15, -0.1) is 12.4 Å². The molecule has 0 bridgehead atoms. The predicted molar refractivity (Wildman–Crippen MR) is 79.9 cm³/mol. The summed E-state index contributed by atoms with van der Waals surface area (Å²) in [5.41, 5.74) is 0. The zero-order valence-corrected chi connectivity index (χ0v) is 13.4. The predicted octanol–water partition coefficient (Wildman–Crippen LogP) is 2.40. The molecular formula is C11H15Cl3N2O2S. The lowest BCUT2D eigenvalue weighted by atomic mass is 10.3. The van der Waals surface area contributed by atoms with Crippen molar-refractivity contribution < 1.29 is 8.42 Å². The van der Waals surface area contributed by atoms with Gasteiger partial charge in [-0.25, -0.2) is 8.42 Å². The molecule has 1 saturated heterocycles. The van der Waals surface area contributed by atoms with E-state index in [4.69, 9.17) is 23.2 Å². The molecule has 8 heteroatoms. The zero-order valence-electron chi connectivity index (χ0n) is 10.3. The average molecular weight is 346 g/mol. The summed E-state index contributed by atoms with van der Waals surface area (Å²) in [7, 11) is -2.02. The van der Waals surface area contributed by atoms with Crippen LogP contribution < -0.4 is 5.32 Å². The molecule has 0 aliphatic carbocycles. The summed E-state index contributed by atoms with van der Waals surface area (Å²) < 4.78 is 26.3. The van der Waals surface area contributed by atoms with Crippen molar-refractivity contribution in [2.45, 2.75) is 17.4 Å². The highest BCUT2D eigenvalue weighted by atomic mass is 35.5. The maximum absolute atomic E-state index is 12.4. The third-order valence-corrected chi connectivity index (χ3v) is 5.73. The lowest BCUT2D eigenvalue weighted by molar-refractivity contribution is 0.388. The van der Waals surface area contributed by atoms with Crippen LogP contribution >= 0.6 is 35.6 Å². The van der Waals surface area contributed by atoms with Crippen LogP contribution in [0.3, 0.4) is 0 Å². The highest BCUT2D eigenvalue weighted by Crippen LogP contribution is 2.28. The highest BCUT2D eigenvalue weighted by Gasteiger charge is 2.31. The van der Waals surface area contributed by atoms with Crippen molar-refractivity contribution in [2.75, 3.05) is 20.1 Å². The van der Waals surface area contributed by atoms with E-state index in [2.05, 4.69) is 5.32 Å². The Bertz CT molecular complexity index is 545. The summed E-state index contributed by atoms with van der Waals surface area (Å²) in [5.74, 6) is 0. The minimum atomic E-state index is -3.60. The second-order valence-corrected chi connectivity index (χ2v) is 7.05. The Morgan fingerprint density at radius 1 is 1.37 bits per heavy atom. The van der Waals surface area contributed by atoms with Crippen molar-refractivity contribution >= 4 is 45.6 Å². The molecule has 1 aromatic rings. The van der Waals surface area contributed by atoms with E-state index in [1.54, 1.807) is 13.1 Å². The summed E-state index contributed by atoms with van der Waals surface area (Å²) in [6.45, 7) is 1.49. The molecule has 19 heavy (non-hydrogen) atoms. The fraction of sp³-hybridized carbons (Fsp3) is 0.455. The van der Waals surface area contributed by atoms with Crippen LogP contribution in [0.25, 0.3) is 0 Å². The Hall–Kier alpha value is -0.0400. The number of nitrogens with zero attached hydrogens (tertiary/aromatic N) is 1. The summed E-state index contributed by atoms with van der Waals surface area (Å²) in [5, 5.41) is 3.69. The van der Waals surface area contributed by atoms with E-state index in [0.717, 1.165) is 13.0 Å². The zero-order chi connectivity index (χ0) is 13.3. The summed E-state index contributed by atoms with van der Waals surface area (Å²) >= 11 is 11.8. The molecule has 1 aromatic carbocycles. The molecule has 1 aliphatic rings. The molecule has 0 spiro atoms. The highest BCUT2D eigenvalue weighted by molar-refractivity contribution is 7.89. The maximum Gasteiger partial charge on any atom is 0.244 e. The molecule has 1 heterocycles. The van der Waals surface area contributed by atoms with Gasteiger partial charge < -0.3 is 5.32 Å². The van der Waals surface area contributed by atoms with Crippen molar-refractivity contribution in [1.29, 1.82) is 0 Å². The lowest BCUT2D eigenvalue weighted by Crippen LogP contribution is -2.38. The van der Waals surface area contributed by atoms with Crippen LogP contribution in [0.4, 0.5) is 0 Å². The molecule has 1 N–H and O–H groups in total. The van der Waals surface area contributed by atoms with E-state index in [1.165, 1.54) is 16.4 Å². The standard InChI is InChI=1S/C11H14Cl2N2O2S.ClH/c1-15(9-4-5-14-7-9)18(16,17)11-6-8(12)2-3-10(11)13;/h2-3,6,9,14H,4-5,7H2,1H3;1H. The first kappa shape index (κ1) is 17.0. The normalized spacial score (nSPS) is 19.5. The minimum Gasteiger partial charge on any atom is -0.315 e. The first-order chi connectivity index (χ1) is 8.43. The Balaban J connectivity index is 0.00000180. The van der Waals surface area contributed by atoms with Gasteiger partial charge in [-0.1, -0.05) is 23.2 Å². The number of likely N-dealkylation sites (N-methyl/N-ethyl adjacent to an activating group) is 1. The largest absolute Gasteiger partial charge is 0.315 e. The molecule has 1 fully saturated rings. The van der Waals surface area contributed by atoms with E-state index in [1.807, 2.05) is 0 Å². The van der Waals surface area contributed by atoms with Crippen molar-refractivity contribution in [1.82, 2.24) is 9.62 Å². The van der Waals surface area contributed by atoms with Crippen LogP contribution in [0.2, 0.25) is 10.0 Å². The minimum absolute atomic E-state index is 0. The van der Waals surface area contributed by atoms with Gasteiger partial charge in [-0.05, 0) is 31.2 Å². The number of hydrogen-bond acceptors (Lipinski definition) is 3. The molecule has 1 atom stereocenters. The monoisotopic (exact) mass is 344 g/mol. The summed E-state index contributed by atoms with van der Waals surface area (Å²) in [6.07, 6.45) is 0.800. The van der Waals surface area contributed by atoms with Gasteiger partial charge in [0.2, 0.25) is 10.0 Å². The molecule has 0 aromatic heterocycles. The van der Waals surface area contributed by atoms with E-state index < -0.39 is 10.0 Å². The van der Waals surface area contributed by atoms with Crippen molar-refractivity contribution in [2.24, 2.45) is 0 Å². The Labute approximate surface area is 129 Å². The Kier molecular flexibility index (Phi) is 5.92. The van der Waals surface area contributed by atoms with Gasteiger partial charge in [-0.3, -0.25) is 0 Å². The quantitative estimate of drug-likeness (QED) is 0.915. The molecule has 4 nitrogen and oxygen atoms in total. The third-order valence-electron chi connectivity index (χ3n) is 3.10. The topological polar surface area (TPSA) is 49.4 Å². The molecule has 0 amide bonds. The SMILES string of the molecule is CN(C1CCNC1)S(=O)(=O)c1cc(Cl)ccc1Cl.Cl. The van der Waals surface area contributed by atoms with E-state index in [-0.39, 0.29) is 28.4 Å². The van der Waals surface area contributed by atoms with Crippen LogP contribution in [0.15, 0.2) is 23.1 Å². The maximum atomic E-state index is 12.4. The van der Waals surface area contributed by atoms with Crippen LogP contribution in [0.1, 0.15) is 6.42 Å². The van der Waals surface area contributed by atoms with Crippen molar-refractivity contribution in [3.63, 3.8) is 0 Å². The lowest BCUT2D eigenvalue weighted by Gasteiger charge is -2.23. The molecular weight excluding hydrogens is 331 g/mol. The first-order valence-corrected chi connectivity index (χ1v) is 7.76. The van der Waals surface area contributed by atoms with Gasteiger partial charge in [0.1, 0.15) is 4.90 Å². The van der Waals surface area contributed by atoms with Crippen LogP contribution in [-0.2, 0) is 10.0 Å².